The third-order valence-corrected chi connectivity index (χ3v) is 2.77. The summed E-state index contributed by atoms with van der Waals surface area (Å²) >= 11 is 0. The molecule has 6 heteroatoms. The van der Waals surface area contributed by atoms with E-state index in [1.807, 2.05) is 19.2 Å². The van der Waals surface area contributed by atoms with Gasteiger partial charge in [0.2, 0.25) is 0 Å². The van der Waals surface area contributed by atoms with Crippen molar-refractivity contribution < 1.29 is 4.74 Å². The third-order valence-electron chi connectivity index (χ3n) is 2.77. The van der Waals surface area contributed by atoms with Gasteiger partial charge in [-0.1, -0.05) is 0 Å². The van der Waals surface area contributed by atoms with Gasteiger partial charge in [-0.3, -0.25) is 9.67 Å². The maximum Gasteiger partial charge on any atom is 0.164 e. The zero-order valence-corrected chi connectivity index (χ0v) is 12.4. The van der Waals surface area contributed by atoms with Crippen molar-refractivity contribution in [2.24, 2.45) is 7.05 Å². The monoisotopic (exact) mass is 275 g/mol. The summed E-state index contributed by atoms with van der Waals surface area (Å²) in [6.07, 6.45) is 3.24. The summed E-state index contributed by atoms with van der Waals surface area (Å²) in [6, 6.07) is 3.88. The highest BCUT2D eigenvalue weighted by molar-refractivity contribution is 5.20. The first-order valence-corrected chi connectivity index (χ1v) is 6.60. The minimum atomic E-state index is 0.0854. The Morgan fingerprint density at radius 1 is 1.25 bits per heavy atom. The Kier molecular flexibility index (Phi) is 4.34. The number of hydrogen-bond acceptors (Lipinski definition) is 5. The Morgan fingerprint density at radius 2 is 2.05 bits per heavy atom. The second-order valence-corrected chi connectivity index (χ2v) is 5.68. The molecule has 1 N–H and O–H groups in total. The lowest BCUT2D eigenvalue weighted by Crippen LogP contribution is -2.35. The molecule has 0 amide bonds. The summed E-state index contributed by atoms with van der Waals surface area (Å²) in [4.78, 5) is 8.48. The summed E-state index contributed by atoms with van der Waals surface area (Å²) < 4.78 is 7.31. The van der Waals surface area contributed by atoms with Gasteiger partial charge in [0.15, 0.2) is 5.82 Å². The number of aromatic nitrogens is 4. The average Bonchev–Trinajstić information content (AvgIpc) is 2.80. The smallest absolute Gasteiger partial charge is 0.164 e. The van der Waals surface area contributed by atoms with E-state index in [0.29, 0.717) is 6.61 Å². The van der Waals surface area contributed by atoms with E-state index in [9.17, 15) is 0 Å². The highest BCUT2D eigenvalue weighted by atomic mass is 16.5. The topological polar surface area (TPSA) is 64.9 Å². The summed E-state index contributed by atoms with van der Waals surface area (Å²) in [5.74, 6) is 1.51. The SMILES string of the molecule is Cn1ncnc1COc1ccc(CNC(C)(C)C)nc1. The molecule has 0 aliphatic heterocycles. The maximum absolute atomic E-state index is 5.63. The van der Waals surface area contributed by atoms with E-state index in [2.05, 4.69) is 41.2 Å². The Balaban J connectivity index is 1.87. The molecule has 2 heterocycles. The van der Waals surface area contributed by atoms with E-state index >= 15 is 0 Å². The first-order valence-electron chi connectivity index (χ1n) is 6.60. The van der Waals surface area contributed by atoms with E-state index < -0.39 is 0 Å². The number of nitrogens with one attached hydrogen (secondary N) is 1. The molecular formula is C14H21N5O. The highest BCUT2D eigenvalue weighted by Crippen LogP contribution is 2.11. The summed E-state index contributed by atoms with van der Waals surface area (Å²) in [5, 5.41) is 7.39. The number of rotatable bonds is 5. The lowest BCUT2D eigenvalue weighted by atomic mass is 10.1. The number of pyridine rings is 1. The predicted octanol–water partition coefficient (Wildman–Crippen LogP) is 1.68. The van der Waals surface area contributed by atoms with Crippen LogP contribution in [0.1, 0.15) is 32.3 Å². The number of ether oxygens (including phenoxy) is 1. The molecule has 0 aliphatic carbocycles. The number of nitrogens with zero attached hydrogens (tertiary/aromatic N) is 4. The van der Waals surface area contributed by atoms with Gasteiger partial charge in [0.25, 0.3) is 0 Å². The highest BCUT2D eigenvalue weighted by Gasteiger charge is 2.09. The van der Waals surface area contributed by atoms with Crippen LogP contribution in [-0.2, 0) is 20.2 Å². The lowest BCUT2D eigenvalue weighted by molar-refractivity contribution is 0.288. The second kappa shape index (κ2) is 6.00. The number of hydrogen-bond donors (Lipinski definition) is 1. The molecule has 108 valence electrons. The van der Waals surface area contributed by atoms with Crippen molar-refractivity contribution in [1.29, 1.82) is 0 Å². The van der Waals surface area contributed by atoms with Gasteiger partial charge in [-0.15, -0.1) is 0 Å². The van der Waals surface area contributed by atoms with Crippen molar-refractivity contribution in [2.75, 3.05) is 0 Å². The third kappa shape index (κ3) is 4.31. The van der Waals surface area contributed by atoms with Crippen LogP contribution in [0.5, 0.6) is 5.75 Å². The summed E-state index contributed by atoms with van der Waals surface area (Å²) in [7, 11) is 1.84. The predicted molar refractivity (Wildman–Crippen MR) is 76.2 cm³/mol. The first-order chi connectivity index (χ1) is 9.44. The van der Waals surface area contributed by atoms with Crippen molar-refractivity contribution in [2.45, 2.75) is 39.5 Å². The molecule has 0 aromatic carbocycles. The Bertz CT molecular complexity index is 541. The molecule has 0 fully saturated rings. The van der Waals surface area contributed by atoms with Gasteiger partial charge in [0, 0.05) is 19.1 Å². The second-order valence-electron chi connectivity index (χ2n) is 5.68. The van der Waals surface area contributed by atoms with E-state index in [1.165, 1.54) is 6.33 Å². The summed E-state index contributed by atoms with van der Waals surface area (Å²) in [6.45, 7) is 7.52. The van der Waals surface area contributed by atoms with Crippen molar-refractivity contribution in [3.05, 3.63) is 36.2 Å². The van der Waals surface area contributed by atoms with Crippen molar-refractivity contribution in [3.8, 4) is 5.75 Å². The van der Waals surface area contributed by atoms with Crippen LogP contribution < -0.4 is 10.1 Å². The van der Waals surface area contributed by atoms with Crippen LogP contribution in [0.4, 0.5) is 0 Å². The fraction of sp³-hybridized carbons (Fsp3) is 0.500. The van der Waals surface area contributed by atoms with Gasteiger partial charge in [0.05, 0.1) is 11.9 Å². The van der Waals surface area contributed by atoms with Crippen LogP contribution in [-0.4, -0.2) is 25.3 Å². The molecular weight excluding hydrogens is 254 g/mol. The average molecular weight is 275 g/mol. The largest absolute Gasteiger partial charge is 0.484 e. The summed E-state index contributed by atoms with van der Waals surface area (Å²) in [5.41, 5.74) is 1.08. The van der Waals surface area contributed by atoms with Gasteiger partial charge in [-0.25, -0.2) is 4.98 Å². The van der Waals surface area contributed by atoms with Crippen LogP contribution >= 0.6 is 0 Å². The van der Waals surface area contributed by atoms with Gasteiger partial charge in [-0.2, -0.15) is 5.10 Å². The van der Waals surface area contributed by atoms with Crippen molar-refractivity contribution in [3.63, 3.8) is 0 Å². The van der Waals surface area contributed by atoms with Crippen LogP contribution in [0.2, 0.25) is 0 Å². The zero-order chi connectivity index (χ0) is 14.6. The molecule has 0 saturated heterocycles. The van der Waals surface area contributed by atoms with Crippen LogP contribution in [0.3, 0.4) is 0 Å². The molecule has 6 nitrogen and oxygen atoms in total. The molecule has 2 aromatic rings. The number of aryl methyl sites for hydroxylation is 1. The fourth-order valence-corrected chi connectivity index (χ4v) is 1.56. The maximum atomic E-state index is 5.63. The van der Waals surface area contributed by atoms with E-state index in [1.54, 1.807) is 10.9 Å². The molecule has 2 aromatic heterocycles. The lowest BCUT2D eigenvalue weighted by Gasteiger charge is -2.20. The fourth-order valence-electron chi connectivity index (χ4n) is 1.56. The molecule has 0 radical (unpaired) electrons. The zero-order valence-electron chi connectivity index (χ0n) is 12.4. The molecule has 0 spiro atoms. The van der Waals surface area contributed by atoms with Gasteiger partial charge < -0.3 is 10.1 Å². The Morgan fingerprint density at radius 3 is 2.60 bits per heavy atom. The first kappa shape index (κ1) is 14.5. The van der Waals surface area contributed by atoms with Crippen molar-refractivity contribution in [1.82, 2.24) is 25.1 Å². The molecule has 2 rings (SSSR count). The Labute approximate surface area is 119 Å². The quantitative estimate of drug-likeness (QED) is 0.899. The standard InChI is InChI=1S/C14H21N5O/c1-14(2,3)17-7-11-5-6-12(8-15-11)20-9-13-16-10-18-19(13)4/h5-6,8,10,17H,7,9H2,1-4H3. The van der Waals surface area contributed by atoms with Crippen LogP contribution in [0.25, 0.3) is 0 Å². The normalized spacial score (nSPS) is 11.6. The molecule has 20 heavy (non-hydrogen) atoms. The molecule has 0 atom stereocenters. The van der Waals surface area contributed by atoms with E-state index in [4.69, 9.17) is 4.74 Å². The van der Waals surface area contributed by atoms with Crippen molar-refractivity contribution >= 4 is 0 Å². The molecule has 0 saturated carbocycles. The molecule has 0 aliphatic rings. The van der Waals surface area contributed by atoms with E-state index in [0.717, 1.165) is 23.8 Å². The Hall–Kier alpha value is -1.95. The van der Waals surface area contributed by atoms with Gasteiger partial charge in [-0.05, 0) is 32.9 Å². The van der Waals surface area contributed by atoms with Crippen LogP contribution in [0, 0.1) is 0 Å². The minimum absolute atomic E-state index is 0.0854. The van der Waals surface area contributed by atoms with Gasteiger partial charge >= 0.3 is 0 Å². The van der Waals surface area contributed by atoms with Crippen LogP contribution in [0.15, 0.2) is 24.7 Å². The van der Waals surface area contributed by atoms with Gasteiger partial charge in [0.1, 0.15) is 18.7 Å². The molecule has 0 unspecified atom stereocenters. The minimum Gasteiger partial charge on any atom is -0.484 e. The molecule has 0 bridgehead atoms. The van der Waals surface area contributed by atoms with E-state index in [-0.39, 0.29) is 5.54 Å².